The topological polar surface area (TPSA) is 29.5 Å². The molecular weight excluding hydrogens is 202 g/mol. The Kier molecular flexibility index (Phi) is 4.83. The molecule has 0 N–H and O–H groups in total. The molecular formula is C13H19NO2. The summed E-state index contributed by atoms with van der Waals surface area (Å²) in [5.41, 5.74) is 2.32. The van der Waals surface area contributed by atoms with Gasteiger partial charge in [0.15, 0.2) is 0 Å². The molecule has 0 atom stereocenters. The van der Waals surface area contributed by atoms with Gasteiger partial charge in [-0.15, -0.1) is 0 Å². The minimum Gasteiger partial charge on any atom is -0.445 e. The number of hydrogen-bond acceptors (Lipinski definition) is 2. The number of ether oxygens (including phenoxy) is 1. The summed E-state index contributed by atoms with van der Waals surface area (Å²) in [7, 11) is 1.72. The Morgan fingerprint density at radius 1 is 1.19 bits per heavy atom. The van der Waals surface area contributed by atoms with Crippen LogP contribution in [0.5, 0.6) is 0 Å². The maximum absolute atomic E-state index is 11.4. The Hall–Kier alpha value is -1.51. The highest BCUT2D eigenvalue weighted by molar-refractivity contribution is 5.67. The van der Waals surface area contributed by atoms with Gasteiger partial charge in [0.2, 0.25) is 0 Å². The quantitative estimate of drug-likeness (QED) is 0.782. The summed E-state index contributed by atoms with van der Waals surface area (Å²) in [6, 6.07) is 8.12. The fourth-order valence-corrected chi connectivity index (χ4v) is 1.26. The second kappa shape index (κ2) is 6.16. The average Bonchev–Trinajstić information content (AvgIpc) is 2.35. The van der Waals surface area contributed by atoms with Crippen LogP contribution in [0.25, 0.3) is 0 Å². The Morgan fingerprint density at radius 3 is 2.25 bits per heavy atom. The fraction of sp³-hybridized carbons (Fsp3) is 0.462. The molecule has 0 bridgehead atoms. The van der Waals surface area contributed by atoms with Crippen LogP contribution < -0.4 is 0 Å². The third kappa shape index (κ3) is 3.57. The summed E-state index contributed by atoms with van der Waals surface area (Å²) in [5, 5.41) is 0. The van der Waals surface area contributed by atoms with Gasteiger partial charge in [-0.25, -0.2) is 4.79 Å². The molecule has 1 amide bonds. The van der Waals surface area contributed by atoms with Crippen molar-refractivity contribution in [2.75, 3.05) is 13.6 Å². The molecule has 0 aliphatic heterocycles. The van der Waals surface area contributed by atoms with Gasteiger partial charge in [0.05, 0.1) is 0 Å². The largest absolute Gasteiger partial charge is 0.445 e. The number of carbonyl (C=O) groups is 1. The second-order valence-corrected chi connectivity index (χ2v) is 3.74. The lowest BCUT2D eigenvalue weighted by atomic mass is 10.1. The van der Waals surface area contributed by atoms with Gasteiger partial charge in [0.1, 0.15) is 6.61 Å². The fourth-order valence-electron chi connectivity index (χ4n) is 1.26. The standard InChI is InChI=1S/C13H19NO2/c1-4-11-6-8-12(9-7-11)10-16-13(15)14(3)5-2/h6-9H,4-5,10H2,1-3H3. The predicted molar refractivity (Wildman–Crippen MR) is 64.3 cm³/mol. The Balaban J connectivity index is 2.45. The van der Waals surface area contributed by atoms with E-state index in [-0.39, 0.29) is 6.09 Å². The van der Waals surface area contributed by atoms with Crippen molar-refractivity contribution in [3.63, 3.8) is 0 Å². The zero-order chi connectivity index (χ0) is 12.0. The lowest BCUT2D eigenvalue weighted by Gasteiger charge is -2.14. The Bertz CT molecular complexity index is 332. The van der Waals surface area contributed by atoms with E-state index in [2.05, 4.69) is 19.1 Å². The van der Waals surface area contributed by atoms with Crippen molar-refractivity contribution >= 4 is 6.09 Å². The molecule has 0 aliphatic rings. The van der Waals surface area contributed by atoms with Crippen molar-refractivity contribution in [3.8, 4) is 0 Å². The van der Waals surface area contributed by atoms with Gasteiger partial charge in [-0.05, 0) is 24.5 Å². The smallest absolute Gasteiger partial charge is 0.409 e. The molecule has 16 heavy (non-hydrogen) atoms. The van der Waals surface area contributed by atoms with Crippen LogP contribution in [-0.2, 0) is 17.8 Å². The molecule has 88 valence electrons. The van der Waals surface area contributed by atoms with Gasteiger partial charge in [-0.3, -0.25) is 0 Å². The van der Waals surface area contributed by atoms with Crippen LogP contribution in [0.15, 0.2) is 24.3 Å². The highest BCUT2D eigenvalue weighted by Gasteiger charge is 2.07. The maximum Gasteiger partial charge on any atom is 0.409 e. The number of amides is 1. The van der Waals surface area contributed by atoms with Crippen LogP contribution in [-0.4, -0.2) is 24.6 Å². The van der Waals surface area contributed by atoms with E-state index in [0.717, 1.165) is 12.0 Å². The van der Waals surface area contributed by atoms with Crippen LogP contribution in [0, 0.1) is 0 Å². The van der Waals surface area contributed by atoms with Gasteiger partial charge in [-0.1, -0.05) is 31.2 Å². The molecule has 0 spiro atoms. The van der Waals surface area contributed by atoms with E-state index in [1.807, 2.05) is 19.1 Å². The van der Waals surface area contributed by atoms with Crippen LogP contribution in [0.1, 0.15) is 25.0 Å². The molecule has 0 saturated heterocycles. The number of nitrogens with zero attached hydrogens (tertiary/aromatic N) is 1. The molecule has 0 radical (unpaired) electrons. The van der Waals surface area contributed by atoms with E-state index in [4.69, 9.17) is 4.74 Å². The van der Waals surface area contributed by atoms with E-state index in [1.165, 1.54) is 5.56 Å². The van der Waals surface area contributed by atoms with E-state index in [1.54, 1.807) is 11.9 Å². The van der Waals surface area contributed by atoms with Crippen LogP contribution in [0.2, 0.25) is 0 Å². The second-order valence-electron chi connectivity index (χ2n) is 3.74. The zero-order valence-corrected chi connectivity index (χ0v) is 10.2. The van der Waals surface area contributed by atoms with E-state index in [0.29, 0.717) is 13.2 Å². The Morgan fingerprint density at radius 2 is 1.75 bits per heavy atom. The molecule has 0 fully saturated rings. The lowest BCUT2D eigenvalue weighted by Crippen LogP contribution is -2.26. The first-order valence-corrected chi connectivity index (χ1v) is 5.63. The average molecular weight is 221 g/mol. The normalized spacial score (nSPS) is 9.94. The summed E-state index contributed by atoms with van der Waals surface area (Å²) < 4.78 is 5.14. The molecule has 0 heterocycles. The summed E-state index contributed by atoms with van der Waals surface area (Å²) in [6.45, 7) is 5.03. The SMILES string of the molecule is CCc1ccc(COC(=O)N(C)CC)cc1. The van der Waals surface area contributed by atoms with Gasteiger partial charge < -0.3 is 9.64 Å². The van der Waals surface area contributed by atoms with Gasteiger partial charge in [0, 0.05) is 13.6 Å². The predicted octanol–water partition coefficient (Wildman–Crippen LogP) is 2.84. The van der Waals surface area contributed by atoms with Gasteiger partial charge >= 0.3 is 6.09 Å². The molecule has 0 aliphatic carbocycles. The summed E-state index contributed by atoms with van der Waals surface area (Å²) in [4.78, 5) is 12.9. The molecule has 1 aromatic rings. The molecule has 1 aromatic carbocycles. The van der Waals surface area contributed by atoms with E-state index >= 15 is 0 Å². The van der Waals surface area contributed by atoms with Gasteiger partial charge in [0.25, 0.3) is 0 Å². The summed E-state index contributed by atoms with van der Waals surface area (Å²) >= 11 is 0. The third-order valence-corrected chi connectivity index (χ3v) is 2.58. The maximum atomic E-state index is 11.4. The first-order valence-electron chi connectivity index (χ1n) is 5.63. The number of rotatable bonds is 4. The molecule has 3 heteroatoms. The number of benzene rings is 1. The minimum absolute atomic E-state index is 0.276. The number of aryl methyl sites for hydroxylation is 1. The minimum atomic E-state index is -0.276. The van der Waals surface area contributed by atoms with Crippen LogP contribution in [0.3, 0.4) is 0 Å². The van der Waals surface area contributed by atoms with Crippen molar-refractivity contribution in [2.24, 2.45) is 0 Å². The molecule has 0 saturated carbocycles. The lowest BCUT2D eigenvalue weighted by molar-refractivity contribution is 0.106. The summed E-state index contributed by atoms with van der Waals surface area (Å²) in [6.07, 6.45) is 0.751. The first-order chi connectivity index (χ1) is 7.67. The third-order valence-electron chi connectivity index (χ3n) is 2.58. The van der Waals surface area contributed by atoms with Crippen LogP contribution >= 0.6 is 0 Å². The first kappa shape index (κ1) is 12.6. The molecule has 1 rings (SSSR count). The van der Waals surface area contributed by atoms with Crippen LogP contribution in [0.4, 0.5) is 4.79 Å². The Labute approximate surface area is 97.0 Å². The van der Waals surface area contributed by atoms with Gasteiger partial charge in [-0.2, -0.15) is 0 Å². The zero-order valence-electron chi connectivity index (χ0n) is 10.2. The monoisotopic (exact) mass is 221 g/mol. The molecule has 3 nitrogen and oxygen atoms in total. The van der Waals surface area contributed by atoms with E-state index < -0.39 is 0 Å². The highest BCUT2D eigenvalue weighted by Crippen LogP contribution is 2.06. The van der Waals surface area contributed by atoms with E-state index in [9.17, 15) is 4.79 Å². The molecule has 0 unspecified atom stereocenters. The highest BCUT2D eigenvalue weighted by atomic mass is 16.6. The summed E-state index contributed by atoms with van der Waals surface area (Å²) in [5.74, 6) is 0. The van der Waals surface area contributed by atoms with Crippen molar-refractivity contribution in [1.82, 2.24) is 4.90 Å². The van der Waals surface area contributed by atoms with Crippen molar-refractivity contribution in [1.29, 1.82) is 0 Å². The number of hydrogen-bond donors (Lipinski definition) is 0. The van der Waals surface area contributed by atoms with Crippen molar-refractivity contribution in [3.05, 3.63) is 35.4 Å². The molecule has 0 aromatic heterocycles. The van der Waals surface area contributed by atoms with Crippen molar-refractivity contribution in [2.45, 2.75) is 26.9 Å². The van der Waals surface area contributed by atoms with Crippen molar-refractivity contribution < 1.29 is 9.53 Å². The number of carbonyl (C=O) groups excluding carboxylic acids is 1.